The van der Waals surface area contributed by atoms with E-state index in [2.05, 4.69) is 10.3 Å². The summed E-state index contributed by atoms with van der Waals surface area (Å²) >= 11 is 0. The summed E-state index contributed by atoms with van der Waals surface area (Å²) in [4.78, 5) is 3.08. The first-order valence-corrected chi connectivity index (χ1v) is 9.17. The van der Waals surface area contributed by atoms with Gasteiger partial charge >= 0.3 is 0 Å². The first-order valence-electron chi connectivity index (χ1n) is 9.17. The second-order valence-electron chi connectivity index (χ2n) is 6.57. The van der Waals surface area contributed by atoms with E-state index in [4.69, 9.17) is 4.74 Å². The number of ether oxygens (including phenoxy) is 1. The molecule has 5 heteroatoms. The SMILES string of the molecule is Fc1ccc2c(CCNCc3cccc(Oc4ccccc4)c3F)c[nH]c2c1. The fourth-order valence-electron chi connectivity index (χ4n) is 3.20. The van der Waals surface area contributed by atoms with Crippen LogP contribution in [-0.2, 0) is 13.0 Å². The van der Waals surface area contributed by atoms with Gasteiger partial charge in [0, 0.05) is 29.2 Å². The number of hydrogen-bond donors (Lipinski definition) is 2. The maximum absolute atomic E-state index is 14.7. The summed E-state index contributed by atoms with van der Waals surface area (Å²) in [7, 11) is 0. The molecule has 0 saturated carbocycles. The van der Waals surface area contributed by atoms with E-state index in [0.717, 1.165) is 22.9 Å². The third-order valence-electron chi connectivity index (χ3n) is 4.63. The zero-order chi connectivity index (χ0) is 19.3. The standard InChI is InChI=1S/C23H20F2N2O/c24-18-9-10-20-16(15-27-21(20)13-18)11-12-26-14-17-5-4-8-22(23(17)25)28-19-6-2-1-3-7-19/h1-10,13,15,26-27H,11-12,14H2. The molecule has 4 rings (SSSR count). The second-order valence-corrected chi connectivity index (χ2v) is 6.57. The number of H-pyrrole nitrogens is 1. The van der Waals surface area contributed by atoms with Gasteiger partial charge in [-0.15, -0.1) is 0 Å². The van der Waals surface area contributed by atoms with Crippen LogP contribution < -0.4 is 10.1 Å². The van der Waals surface area contributed by atoms with Gasteiger partial charge in [-0.3, -0.25) is 0 Å². The molecule has 3 nitrogen and oxygen atoms in total. The van der Waals surface area contributed by atoms with Gasteiger partial charge in [0.2, 0.25) is 0 Å². The zero-order valence-corrected chi connectivity index (χ0v) is 15.2. The van der Waals surface area contributed by atoms with Crippen LogP contribution in [0.3, 0.4) is 0 Å². The molecule has 0 atom stereocenters. The van der Waals surface area contributed by atoms with Crippen LogP contribution in [0, 0.1) is 11.6 Å². The van der Waals surface area contributed by atoms with E-state index in [0.29, 0.717) is 24.4 Å². The van der Waals surface area contributed by atoms with Crippen molar-refractivity contribution in [2.45, 2.75) is 13.0 Å². The van der Waals surface area contributed by atoms with Crippen molar-refractivity contribution in [3.8, 4) is 11.5 Å². The lowest BCUT2D eigenvalue weighted by Crippen LogP contribution is -2.17. The van der Waals surface area contributed by atoms with Crippen LogP contribution in [0.1, 0.15) is 11.1 Å². The molecule has 0 fully saturated rings. The molecule has 2 N–H and O–H groups in total. The van der Waals surface area contributed by atoms with Crippen LogP contribution in [0.5, 0.6) is 11.5 Å². The first kappa shape index (κ1) is 18.2. The number of aromatic nitrogens is 1. The summed E-state index contributed by atoms with van der Waals surface area (Å²) in [6, 6.07) is 19.0. The quantitative estimate of drug-likeness (QED) is 0.413. The van der Waals surface area contributed by atoms with Crippen LogP contribution in [0.2, 0.25) is 0 Å². The third kappa shape index (κ3) is 4.05. The molecule has 4 aromatic rings. The molecule has 28 heavy (non-hydrogen) atoms. The van der Waals surface area contributed by atoms with Crippen LogP contribution in [-0.4, -0.2) is 11.5 Å². The van der Waals surface area contributed by atoms with Crippen molar-refractivity contribution < 1.29 is 13.5 Å². The summed E-state index contributed by atoms with van der Waals surface area (Å²) in [5.41, 5.74) is 2.44. The molecule has 142 valence electrons. The van der Waals surface area contributed by atoms with E-state index in [1.807, 2.05) is 24.4 Å². The van der Waals surface area contributed by atoms with Gasteiger partial charge in [0.25, 0.3) is 0 Å². The average Bonchev–Trinajstić information content (AvgIpc) is 3.10. The van der Waals surface area contributed by atoms with Crippen molar-refractivity contribution in [3.05, 3.63) is 95.7 Å². The number of hydrogen-bond acceptors (Lipinski definition) is 2. The maximum Gasteiger partial charge on any atom is 0.170 e. The normalized spacial score (nSPS) is 11.1. The lowest BCUT2D eigenvalue weighted by Gasteiger charge is -2.11. The molecule has 0 aliphatic rings. The van der Waals surface area contributed by atoms with Gasteiger partial charge in [-0.1, -0.05) is 30.3 Å². The van der Waals surface area contributed by atoms with Crippen molar-refractivity contribution >= 4 is 10.9 Å². The average molecular weight is 378 g/mol. The molecular weight excluding hydrogens is 358 g/mol. The molecule has 0 radical (unpaired) electrons. The molecule has 0 spiro atoms. The molecule has 0 aliphatic heterocycles. The van der Waals surface area contributed by atoms with Crippen molar-refractivity contribution in [3.63, 3.8) is 0 Å². The van der Waals surface area contributed by atoms with Gasteiger partial charge in [-0.05, 0) is 54.9 Å². The molecule has 0 bridgehead atoms. The predicted octanol–water partition coefficient (Wildman–Crippen LogP) is 5.57. The molecule has 0 unspecified atom stereocenters. The minimum atomic E-state index is -0.360. The van der Waals surface area contributed by atoms with Crippen molar-refractivity contribution in [1.82, 2.24) is 10.3 Å². The Morgan fingerprint density at radius 3 is 2.61 bits per heavy atom. The first-order chi connectivity index (χ1) is 13.7. The summed E-state index contributed by atoms with van der Waals surface area (Å²) in [6.07, 6.45) is 2.65. The summed E-state index contributed by atoms with van der Waals surface area (Å²) < 4.78 is 33.6. The molecule has 0 aliphatic carbocycles. The minimum Gasteiger partial charge on any atom is -0.454 e. The number of benzene rings is 3. The van der Waals surface area contributed by atoms with Crippen LogP contribution in [0.15, 0.2) is 72.9 Å². The van der Waals surface area contributed by atoms with Gasteiger partial charge in [0.1, 0.15) is 11.6 Å². The highest BCUT2D eigenvalue weighted by molar-refractivity contribution is 5.83. The Kier molecular flexibility index (Phi) is 5.35. The number of rotatable bonds is 7. The highest BCUT2D eigenvalue weighted by Gasteiger charge is 2.10. The van der Waals surface area contributed by atoms with Crippen LogP contribution in [0.4, 0.5) is 8.78 Å². The van der Waals surface area contributed by atoms with E-state index >= 15 is 0 Å². The Hall–Kier alpha value is -3.18. The number of fused-ring (bicyclic) bond motifs is 1. The largest absolute Gasteiger partial charge is 0.454 e. The molecule has 1 heterocycles. The number of nitrogens with one attached hydrogen (secondary N) is 2. The molecule has 3 aromatic carbocycles. The summed E-state index contributed by atoms with van der Waals surface area (Å²) in [5.74, 6) is 0.194. The van der Waals surface area contributed by atoms with E-state index < -0.39 is 0 Å². The third-order valence-corrected chi connectivity index (χ3v) is 4.63. The van der Waals surface area contributed by atoms with E-state index in [1.54, 1.807) is 36.4 Å². The number of aromatic amines is 1. The number of halogens is 2. The Labute approximate surface area is 162 Å². The lowest BCUT2D eigenvalue weighted by molar-refractivity contribution is 0.436. The van der Waals surface area contributed by atoms with Crippen molar-refractivity contribution in [2.75, 3.05) is 6.54 Å². The molecule has 1 aromatic heterocycles. The predicted molar refractivity (Wildman–Crippen MR) is 107 cm³/mol. The summed E-state index contributed by atoms with van der Waals surface area (Å²) in [5, 5.41) is 4.27. The molecular formula is C23H20F2N2O. The van der Waals surface area contributed by atoms with Gasteiger partial charge in [0.05, 0.1) is 0 Å². The smallest absolute Gasteiger partial charge is 0.170 e. The molecule has 0 saturated heterocycles. The Morgan fingerprint density at radius 2 is 1.75 bits per heavy atom. The van der Waals surface area contributed by atoms with Crippen molar-refractivity contribution in [2.24, 2.45) is 0 Å². The highest BCUT2D eigenvalue weighted by atomic mass is 19.1. The lowest BCUT2D eigenvalue weighted by atomic mass is 10.1. The fraction of sp³-hybridized carbons (Fsp3) is 0.130. The molecule has 0 amide bonds. The van der Waals surface area contributed by atoms with Gasteiger partial charge < -0.3 is 15.0 Å². The van der Waals surface area contributed by atoms with E-state index in [-0.39, 0.29) is 17.4 Å². The topological polar surface area (TPSA) is 37.0 Å². The van der Waals surface area contributed by atoms with Gasteiger partial charge in [0.15, 0.2) is 11.6 Å². The monoisotopic (exact) mass is 378 g/mol. The van der Waals surface area contributed by atoms with Crippen LogP contribution in [0.25, 0.3) is 10.9 Å². The maximum atomic E-state index is 14.7. The summed E-state index contributed by atoms with van der Waals surface area (Å²) in [6.45, 7) is 1.07. The zero-order valence-electron chi connectivity index (χ0n) is 15.2. The fourth-order valence-corrected chi connectivity index (χ4v) is 3.20. The van der Waals surface area contributed by atoms with Crippen LogP contribution >= 0.6 is 0 Å². The second kappa shape index (κ2) is 8.23. The van der Waals surface area contributed by atoms with E-state index in [1.165, 1.54) is 12.1 Å². The van der Waals surface area contributed by atoms with Gasteiger partial charge in [-0.25, -0.2) is 8.78 Å². The van der Waals surface area contributed by atoms with Gasteiger partial charge in [-0.2, -0.15) is 0 Å². The van der Waals surface area contributed by atoms with Crippen molar-refractivity contribution in [1.29, 1.82) is 0 Å². The Bertz CT molecular complexity index is 1080. The Balaban J connectivity index is 1.36. The highest BCUT2D eigenvalue weighted by Crippen LogP contribution is 2.26. The van der Waals surface area contributed by atoms with E-state index in [9.17, 15) is 8.78 Å². The Morgan fingerprint density at radius 1 is 0.893 bits per heavy atom. The minimum absolute atomic E-state index is 0.212. The number of para-hydroxylation sites is 1.